The molecule has 2 saturated heterocycles. The predicted molar refractivity (Wildman–Crippen MR) is 77.0 cm³/mol. The second-order valence-electron chi connectivity index (χ2n) is 6.01. The van der Waals surface area contributed by atoms with Gasteiger partial charge in [-0.3, -0.25) is 4.79 Å². The zero-order valence-corrected chi connectivity index (χ0v) is 13.0. The Bertz CT molecular complexity index is 499. The molecule has 3 heterocycles. The van der Waals surface area contributed by atoms with Crippen LogP contribution in [-0.4, -0.2) is 53.5 Å². The molecule has 2 fully saturated rings. The van der Waals surface area contributed by atoms with Gasteiger partial charge in [0.25, 0.3) is 0 Å². The van der Waals surface area contributed by atoms with E-state index in [4.69, 9.17) is 14.0 Å². The molecule has 3 rings (SSSR count). The van der Waals surface area contributed by atoms with Crippen molar-refractivity contribution in [1.29, 1.82) is 0 Å². The van der Waals surface area contributed by atoms with Crippen LogP contribution < -0.4 is 0 Å². The molecular formula is C15H23N3O4. The molecule has 0 aromatic carbocycles. The average molecular weight is 309 g/mol. The summed E-state index contributed by atoms with van der Waals surface area (Å²) < 4.78 is 15.9. The van der Waals surface area contributed by atoms with Crippen molar-refractivity contribution >= 4 is 5.91 Å². The molecule has 0 radical (unpaired) electrons. The van der Waals surface area contributed by atoms with Crippen molar-refractivity contribution in [3.8, 4) is 0 Å². The molecule has 1 aromatic rings. The van der Waals surface area contributed by atoms with E-state index in [0.29, 0.717) is 31.4 Å². The number of nitrogens with zero attached hydrogens (tertiary/aromatic N) is 3. The van der Waals surface area contributed by atoms with E-state index in [2.05, 4.69) is 10.1 Å². The van der Waals surface area contributed by atoms with E-state index in [1.54, 1.807) is 6.92 Å². The molecule has 1 aromatic heterocycles. The Labute approximate surface area is 129 Å². The molecule has 7 heteroatoms. The lowest BCUT2D eigenvalue weighted by molar-refractivity contribution is -0.187. The molecule has 2 aliphatic rings. The van der Waals surface area contributed by atoms with Crippen LogP contribution >= 0.6 is 0 Å². The Morgan fingerprint density at radius 2 is 2.14 bits per heavy atom. The Morgan fingerprint density at radius 3 is 2.86 bits per heavy atom. The van der Waals surface area contributed by atoms with Gasteiger partial charge in [-0.25, -0.2) is 0 Å². The maximum absolute atomic E-state index is 12.4. The SMILES string of the molecule is Cc1nc(C[C@@H]2CCCN(C(=O)CC3OCCCO3)C2)no1. The van der Waals surface area contributed by atoms with Crippen molar-refractivity contribution in [1.82, 2.24) is 15.0 Å². The summed E-state index contributed by atoms with van der Waals surface area (Å²) in [5.41, 5.74) is 0. The van der Waals surface area contributed by atoms with Crippen LogP contribution in [-0.2, 0) is 20.7 Å². The normalized spacial score (nSPS) is 23.7. The van der Waals surface area contributed by atoms with E-state index < -0.39 is 0 Å². The zero-order valence-electron chi connectivity index (χ0n) is 13.0. The lowest BCUT2D eigenvalue weighted by Crippen LogP contribution is -2.42. The molecule has 0 unspecified atom stereocenters. The highest BCUT2D eigenvalue weighted by Crippen LogP contribution is 2.21. The molecular weight excluding hydrogens is 286 g/mol. The summed E-state index contributed by atoms with van der Waals surface area (Å²) in [6, 6.07) is 0. The molecule has 1 atom stereocenters. The number of carbonyl (C=O) groups is 1. The molecule has 0 saturated carbocycles. The Morgan fingerprint density at radius 1 is 1.32 bits per heavy atom. The Kier molecular flexibility index (Phi) is 5.04. The quantitative estimate of drug-likeness (QED) is 0.834. The predicted octanol–water partition coefficient (Wildman–Crippen LogP) is 1.31. The third-order valence-corrected chi connectivity index (χ3v) is 4.15. The smallest absolute Gasteiger partial charge is 0.227 e. The largest absolute Gasteiger partial charge is 0.352 e. The minimum Gasteiger partial charge on any atom is -0.352 e. The topological polar surface area (TPSA) is 77.7 Å². The van der Waals surface area contributed by atoms with Gasteiger partial charge in [-0.2, -0.15) is 4.98 Å². The van der Waals surface area contributed by atoms with Crippen LogP contribution in [0.3, 0.4) is 0 Å². The first-order valence-electron chi connectivity index (χ1n) is 8.01. The van der Waals surface area contributed by atoms with Crippen LogP contribution in [0.5, 0.6) is 0 Å². The minimum absolute atomic E-state index is 0.112. The highest BCUT2D eigenvalue weighted by molar-refractivity contribution is 5.76. The van der Waals surface area contributed by atoms with E-state index in [9.17, 15) is 4.79 Å². The Hall–Kier alpha value is -1.47. The fourth-order valence-electron chi connectivity index (χ4n) is 3.07. The van der Waals surface area contributed by atoms with Gasteiger partial charge in [-0.05, 0) is 25.2 Å². The van der Waals surface area contributed by atoms with Crippen LogP contribution in [0, 0.1) is 12.8 Å². The molecule has 0 spiro atoms. The first kappa shape index (κ1) is 15.4. The van der Waals surface area contributed by atoms with Gasteiger partial charge in [0, 0.05) is 26.4 Å². The van der Waals surface area contributed by atoms with Crippen molar-refractivity contribution in [2.75, 3.05) is 26.3 Å². The minimum atomic E-state index is -0.374. The van der Waals surface area contributed by atoms with Gasteiger partial charge in [0.05, 0.1) is 19.6 Å². The van der Waals surface area contributed by atoms with E-state index >= 15 is 0 Å². The fourth-order valence-corrected chi connectivity index (χ4v) is 3.07. The molecule has 1 amide bonds. The standard InChI is InChI=1S/C15H23N3O4/c1-11-16-13(17-22-11)8-12-4-2-5-18(10-12)14(19)9-15-20-6-3-7-21-15/h12,15H,2-10H2,1H3/t12-/m0/s1. The van der Waals surface area contributed by atoms with E-state index in [-0.39, 0.29) is 12.2 Å². The number of carbonyl (C=O) groups excluding carboxylic acids is 1. The number of piperidine rings is 1. The van der Waals surface area contributed by atoms with Gasteiger partial charge in [0.15, 0.2) is 12.1 Å². The first-order valence-corrected chi connectivity index (χ1v) is 8.01. The highest BCUT2D eigenvalue weighted by atomic mass is 16.7. The number of amides is 1. The average Bonchev–Trinajstić information content (AvgIpc) is 2.93. The van der Waals surface area contributed by atoms with Crippen molar-refractivity contribution < 1.29 is 18.8 Å². The number of ether oxygens (including phenoxy) is 2. The van der Waals surface area contributed by atoms with E-state index in [0.717, 1.165) is 44.6 Å². The van der Waals surface area contributed by atoms with Gasteiger partial charge >= 0.3 is 0 Å². The second kappa shape index (κ2) is 7.19. The number of hydrogen-bond acceptors (Lipinski definition) is 6. The van der Waals surface area contributed by atoms with Gasteiger partial charge in [0.2, 0.25) is 11.8 Å². The molecule has 2 aliphatic heterocycles. The summed E-state index contributed by atoms with van der Waals surface area (Å²) in [5.74, 6) is 1.82. The van der Waals surface area contributed by atoms with Crippen LogP contribution in [0.15, 0.2) is 4.52 Å². The molecule has 7 nitrogen and oxygen atoms in total. The third-order valence-electron chi connectivity index (χ3n) is 4.15. The fraction of sp³-hybridized carbons (Fsp3) is 0.800. The van der Waals surface area contributed by atoms with E-state index in [1.807, 2.05) is 4.90 Å². The Balaban J connectivity index is 1.49. The third kappa shape index (κ3) is 4.04. The number of likely N-dealkylation sites (tertiary alicyclic amines) is 1. The summed E-state index contributed by atoms with van der Waals surface area (Å²) in [6.07, 6.45) is 3.71. The molecule has 22 heavy (non-hydrogen) atoms. The van der Waals surface area contributed by atoms with Crippen LogP contribution in [0.2, 0.25) is 0 Å². The maximum atomic E-state index is 12.4. The number of aromatic nitrogens is 2. The maximum Gasteiger partial charge on any atom is 0.227 e. The molecule has 122 valence electrons. The van der Waals surface area contributed by atoms with Crippen LogP contribution in [0.25, 0.3) is 0 Å². The van der Waals surface area contributed by atoms with E-state index in [1.165, 1.54) is 0 Å². The number of hydrogen-bond donors (Lipinski definition) is 0. The monoisotopic (exact) mass is 309 g/mol. The number of aryl methyl sites for hydroxylation is 1. The molecule has 0 aliphatic carbocycles. The van der Waals surface area contributed by atoms with Crippen molar-refractivity contribution in [2.24, 2.45) is 5.92 Å². The van der Waals surface area contributed by atoms with Crippen LogP contribution in [0.1, 0.15) is 37.4 Å². The van der Waals surface area contributed by atoms with Gasteiger partial charge < -0.3 is 18.9 Å². The molecule has 0 bridgehead atoms. The second-order valence-corrected chi connectivity index (χ2v) is 6.01. The summed E-state index contributed by atoms with van der Waals surface area (Å²) >= 11 is 0. The van der Waals surface area contributed by atoms with Crippen molar-refractivity contribution in [2.45, 2.75) is 45.3 Å². The zero-order chi connectivity index (χ0) is 15.4. The van der Waals surface area contributed by atoms with Crippen molar-refractivity contribution in [3.63, 3.8) is 0 Å². The van der Waals surface area contributed by atoms with Gasteiger partial charge in [-0.15, -0.1) is 0 Å². The summed E-state index contributed by atoms with van der Waals surface area (Å²) in [5, 5.41) is 3.94. The molecule has 0 N–H and O–H groups in total. The number of rotatable bonds is 4. The lowest BCUT2D eigenvalue weighted by Gasteiger charge is -2.33. The summed E-state index contributed by atoms with van der Waals surface area (Å²) in [4.78, 5) is 18.6. The van der Waals surface area contributed by atoms with Crippen LogP contribution in [0.4, 0.5) is 0 Å². The first-order chi connectivity index (χ1) is 10.7. The van der Waals surface area contributed by atoms with Gasteiger partial charge in [-0.1, -0.05) is 5.16 Å². The van der Waals surface area contributed by atoms with Crippen molar-refractivity contribution in [3.05, 3.63) is 11.7 Å². The highest BCUT2D eigenvalue weighted by Gasteiger charge is 2.27. The summed E-state index contributed by atoms with van der Waals surface area (Å²) in [7, 11) is 0. The lowest BCUT2D eigenvalue weighted by atomic mass is 9.94. The van der Waals surface area contributed by atoms with Gasteiger partial charge in [0.1, 0.15) is 0 Å². The summed E-state index contributed by atoms with van der Waals surface area (Å²) in [6.45, 7) is 4.71.